The number of aromatic nitrogens is 3. The highest BCUT2D eigenvalue weighted by atomic mass is 32.1. The van der Waals surface area contributed by atoms with E-state index in [9.17, 15) is 9.59 Å². The summed E-state index contributed by atoms with van der Waals surface area (Å²) in [6, 6.07) is 15.7. The first-order chi connectivity index (χ1) is 17.3. The molecule has 2 aromatic carbocycles. The van der Waals surface area contributed by atoms with E-state index in [2.05, 4.69) is 40.7 Å². The number of carbonyl (C=O) groups excluding carboxylic acids is 2. The van der Waals surface area contributed by atoms with E-state index in [0.29, 0.717) is 11.3 Å². The second kappa shape index (κ2) is 9.13. The predicted molar refractivity (Wildman–Crippen MR) is 143 cm³/mol. The zero-order valence-electron chi connectivity index (χ0n) is 20.5. The minimum atomic E-state index is -0.553. The maximum absolute atomic E-state index is 12.8. The fourth-order valence-corrected chi connectivity index (χ4v) is 5.57. The number of thiophene rings is 1. The topological polar surface area (TPSA) is 92.1 Å². The first-order valence-corrected chi connectivity index (χ1v) is 12.4. The number of nitrogens with zero attached hydrogens (tertiary/aromatic N) is 3. The second-order valence-electron chi connectivity index (χ2n) is 8.96. The van der Waals surface area contributed by atoms with Crippen molar-refractivity contribution in [3.63, 3.8) is 0 Å². The molecule has 0 radical (unpaired) electrons. The number of imidazole rings is 1. The number of ether oxygens (including phenoxy) is 1. The zero-order chi connectivity index (χ0) is 25.6. The number of fused-ring (bicyclic) bond motifs is 1. The lowest BCUT2D eigenvalue weighted by molar-refractivity contribution is 0.0942. The van der Waals surface area contributed by atoms with Gasteiger partial charge in [-0.05, 0) is 48.9 Å². The van der Waals surface area contributed by atoms with E-state index in [0.717, 1.165) is 43.3 Å². The van der Waals surface area contributed by atoms with Crippen molar-refractivity contribution in [3.05, 3.63) is 83.3 Å². The number of amides is 1. The highest BCUT2D eigenvalue weighted by molar-refractivity contribution is 7.20. The largest absolute Gasteiger partial charge is 0.496 e. The lowest BCUT2D eigenvalue weighted by Gasteiger charge is -2.16. The predicted octanol–water partition coefficient (Wildman–Crippen LogP) is 5.80. The third-order valence-corrected chi connectivity index (χ3v) is 7.34. The summed E-state index contributed by atoms with van der Waals surface area (Å²) in [5, 5.41) is 0. The van der Waals surface area contributed by atoms with Crippen molar-refractivity contribution in [1.29, 1.82) is 0 Å². The number of Topliss-reactive ketones (excluding diaryl/α,β-unsaturated/α-hetero) is 1. The normalized spacial score (nSPS) is 11.4. The number of rotatable bonds is 7. The summed E-state index contributed by atoms with van der Waals surface area (Å²) in [5.41, 5.74) is 11.7. The van der Waals surface area contributed by atoms with Crippen LogP contribution >= 0.6 is 11.3 Å². The smallest absolute Gasteiger partial charge is 0.252 e. The molecule has 0 saturated carbocycles. The summed E-state index contributed by atoms with van der Waals surface area (Å²) in [6.07, 6.45) is 5.43. The minimum absolute atomic E-state index is 0.0893. The number of primary amides is 1. The third kappa shape index (κ3) is 3.99. The quantitative estimate of drug-likeness (QED) is 0.287. The van der Waals surface area contributed by atoms with E-state index < -0.39 is 5.91 Å². The third-order valence-electron chi connectivity index (χ3n) is 6.25. The second-order valence-corrected chi connectivity index (χ2v) is 10.0. The van der Waals surface area contributed by atoms with E-state index in [4.69, 9.17) is 10.5 Å². The molecule has 5 aromatic rings. The molecule has 36 heavy (non-hydrogen) atoms. The average Bonchev–Trinajstić information content (AvgIpc) is 3.59. The Labute approximate surface area is 212 Å². The SMILES string of the molecule is COc1cc(-n2c(-c3ccc(-n4ccnc4)cc3C)cc3sc(C(=O)C(C)C)cc32)ccc1C(N)=O. The van der Waals surface area contributed by atoms with Crippen LogP contribution in [-0.4, -0.2) is 32.9 Å². The zero-order valence-corrected chi connectivity index (χ0v) is 21.3. The van der Waals surface area contributed by atoms with Crippen LogP contribution in [0.1, 0.15) is 39.4 Å². The van der Waals surface area contributed by atoms with Gasteiger partial charge in [-0.1, -0.05) is 19.9 Å². The molecule has 7 nitrogen and oxygen atoms in total. The minimum Gasteiger partial charge on any atom is -0.496 e. The number of carbonyl (C=O) groups is 2. The van der Waals surface area contributed by atoms with Gasteiger partial charge in [0.1, 0.15) is 5.75 Å². The summed E-state index contributed by atoms with van der Waals surface area (Å²) < 4.78 is 10.6. The van der Waals surface area contributed by atoms with Gasteiger partial charge in [-0.2, -0.15) is 0 Å². The first kappa shape index (κ1) is 23.6. The van der Waals surface area contributed by atoms with Crippen LogP contribution in [0.2, 0.25) is 0 Å². The van der Waals surface area contributed by atoms with Crippen LogP contribution in [0.3, 0.4) is 0 Å². The molecule has 3 heterocycles. The van der Waals surface area contributed by atoms with Gasteiger partial charge in [-0.3, -0.25) is 9.59 Å². The molecule has 3 aromatic heterocycles. The molecular formula is C28H26N4O3S. The standard InChI is InChI=1S/C28H26N4O3S/c1-16(2)27(33)26-14-23-25(36-26)13-22(20-7-5-18(11-17(20)3)31-10-9-30-15-31)32(23)19-6-8-21(28(29)34)24(12-19)35-4/h5-16H,1-4H3,(H2,29,34). The molecule has 0 aliphatic carbocycles. The van der Waals surface area contributed by atoms with E-state index in [1.807, 2.05) is 36.7 Å². The number of hydrogen-bond acceptors (Lipinski definition) is 5. The van der Waals surface area contributed by atoms with Crippen LogP contribution in [0, 0.1) is 12.8 Å². The van der Waals surface area contributed by atoms with Gasteiger partial charge in [-0.25, -0.2) is 4.98 Å². The van der Waals surface area contributed by atoms with Crippen molar-refractivity contribution >= 4 is 33.2 Å². The fourth-order valence-electron chi connectivity index (χ4n) is 4.40. The van der Waals surface area contributed by atoms with E-state index >= 15 is 0 Å². The Morgan fingerprint density at radius 3 is 2.47 bits per heavy atom. The Balaban J connectivity index is 1.73. The lowest BCUT2D eigenvalue weighted by atomic mass is 10.0. The molecule has 0 bridgehead atoms. The van der Waals surface area contributed by atoms with Crippen molar-refractivity contribution in [2.45, 2.75) is 20.8 Å². The van der Waals surface area contributed by atoms with Crippen molar-refractivity contribution < 1.29 is 14.3 Å². The van der Waals surface area contributed by atoms with Crippen LogP contribution in [-0.2, 0) is 0 Å². The molecule has 0 spiro atoms. The molecule has 0 aliphatic heterocycles. The molecule has 2 N–H and O–H groups in total. The highest BCUT2D eigenvalue weighted by Gasteiger charge is 2.21. The number of hydrogen-bond donors (Lipinski definition) is 1. The van der Waals surface area contributed by atoms with Gasteiger partial charge in [-0.15, -0.1) is 11.3 Å². The Kier molecular flexibility index (Phi) is 5.97. The number of ketones is 1. The summed E-state index contributed by atoms with van der Waals surface area (Å²) in [7, 11) is 1.51. The molecule has 0 saturated heterocycles. The lowest BCUT2D eigenvalue weighted by Crippen LogP contribution is -2.12. The van der Waals surface area contributed by atoms with Crippen molar-refractivity contribution in [2.75, 3.05) is 7.11 Å². The Hall–Kier alpha value is -4.17. The van der Waals surface area contributed by atoms with E-state index in [1.165, 1.54) is 18.4 Å². The molecule has 8 heteroatoms. The van der Waals surface area contributed by atoms with Crippen LogP contribution in [0.5, 0.6) is 5.75 Å². The van der Waals surface area contributed by atoms with Crippen LogP contribution in [0.4, 0.5) is 0 Å². The maximum atomic E-state index is 12.8. The maximum Gasteiger partial charge on any atom is 0.252 e. The Morgan fingerprint density at radius 1 is 1.06 bits per heavy atom. The number of benzene rings is 2. The van der Waals surface area contributed by atoms with Crippen molar-refractivity contribution in [1.82, 2.24) is 14.1 Å². The monoisotopic (exact) mass is 498 g/mol. The van der Waals surface area contributed by atoms with Gasteiger partial charge in [0.2, 0.25) is 0 Å². The molecule has 182 valence electrons. The first-order valence-electron chi connectivity index (χ1n) is 11.6. The van der Waals surface area contributed by atoms with Crippen LogP contribution in [0.15, 0.2) is 67.3 Å². The highest BCUT2D eigenvalue weighted by Crippen LogP contribution is 2.39. The Morgan fingerprint density at radius 2 is 1.83 bits per heavy atom. The van der Waals surface area contributed by atoms with Gasteiger partial charge in [0.15, 0.2) is 5.78 Å². The number of methoxy groups -OCH3 is 1. The molecule has 0 fully saturated rings. The fraction of sp³-hybridized carbons (Fsp3) is 0.179. The average molecular weight is 499 g/mol. The van der Waals surface area contributed by atoms with Gasteiger partial charge < -0.3 is 19.6 Å². The van der Waals surface area contributed by atoms with Gasteiger partial charge in [0.25, 0.3) is 5.91 Å². The van der Waals surface area contributed by atoms with E-state index in [-0.39, 0.29) is 11.7 Å². The van der Waals surface area contributed by atoms with Gasteiger partial charge in [0.05, 0.1) is 39.8 Å². The molecule has 0 unspecified atom stereocenters. The number of aryl methyl sites for hydroxylation is 1. The molecule has 0 aliphatic rings. The van der Waals surface area contributed by atoms with Gasteiger partial charge >= 0.3 is 0 Å². The van der Waals surface area contributed by atoms with Gasteiger partial charge in [0, 0.05) is 41.3 Å². The molecule has 5 rings (SSSR count). The van der Waals surface area contributed by atoms with Crippen molar-refractivity contribution in [2.24, 2.45) is 11.7 Å². The molecule has 1 amide bonds. The summed E-state index contributed by atoms with van der Waals surface area (Å²) in [6.45, 7) is 5.89. The van der Waals surface area contributed by atoms with E-state index in [1.54, 1.807) is 24.7 Å². The summed E-state index contributed by atoms with van der Waals surface area (Å²) >= 11 is 1.49. The summed E-state index contributed by atoms with van der Waals surface area (Å²) in [4.78, 5) is 29.5. The van der Waals surface area contributed by atoms with Crippen molar-refractivity contribution in [3.8, 4) is 28.4 Å². The van der Waals surface area contributed by atoms with Crippen LogP contribution in [0.25, 0.3) is 32.8 Å². The Bertz CT molecular complexity index is 1610. The summed E-state index contributed by atoms with van der Waals surface area (Å²) in [5.74, 6) is -0.128. The molecular weight excluding hydrogens is 472 g/mol. The molecule has 0 atom stereocenters. The van der Waals surface area contributed by atoms with Crippen LogP contribution < -0.4 is 10.5 Å². The number of nitrogens with two attached hydrogens (primary N) is 1.